The Labute approximate surface area is 247 Å². The Kier molecular flexibility index (Phi) is 8.29. The van der Waals surface area contributed by atoms with Crippen molar-refractivity contribution in [1.82, 2.24) is 19.8 Å². The number of ether oxygens (including phenoxy) is 1. The summed E-state index contributed by atoms with van der Waals surface area (Å²) in [5.41, 5.74) is 5.35. The maximum Gasteiger partial charge on any atom is 0.318 e. The van der Waals surface area contributed by atoms with Crippen molar-refractivity contribution in [1.29, 1.82) is 5.26 Å². The second-order valence-electron chi connectivity index (χ2n) is 12.0. The van der Waals surface area contributed by atoms with Crippen LogP contribution in [0.3, 0.4) is 0 Å². The molecule has 4 aliphatic rings. The number of amides is 1. The monoisotopic (exact) mass is 573 g/mol. The zero-order valence-electron chi connectivity index (χ0n) is 24.5. The zero-order chi connectivity index (χ0) is 29.2. The first kappa shape index (κ1) is 28.4. The highest BCUT2D eigenvalue weighted by atomic mass is 19.1. The number of nitrogens with zero attached hydrogens (tertiary/aromatic N) is 7. The lowest BCUT2D eigenvalue weighted by Gasteiger charge is -2.42. The van der Waals surface area contributed by atoms with Gasteiger partial charge in [0, 0.05) is 43.5 Å². The summed E-state index contributed by atoms with van der Waals surface area (Å²) in [6.45, 7) is 8.10. The summed E-state index contributed by atoms with van der Waals surface area (Å²) < 4.78 is 21.0. The van der Waals surface area contributed by atoms with Gasteiger partial charge in [-0.05, 0) is 87.9 Å². The van der Waals surface area contributed by atoms with Gasteiger partial charge in [0.2, 0.25) is 5.91 Å². The third kappa shape index (κ3) is 5.67. The molecule has 0 spiro atoms. The number of likely N-dealkylation sites (tertiary alicyclic amines) is 1. The maximum absolute atomic E-state index is 14.7. The predicted molar refractivity (Wildman–Crippen MR) is 159 cm³/mol. The average molecular weight is 574 g/mol. The minimum atomic E-state index is -0.254. The standard InChI is InChI=1S/C32H40FN7O2/c1-3-30(41)40-16-15-39(19-24(40)10-12-34)31-27-11-14-38(29-18-23(33)17-22-7-4-5-9-26(22)29)20-28(27)35-32(36-31)42-21-25-8-6-13-37(25)2/h3,17-18,24-25H,1,4-11,13-16,19-21H2,2H3/t24-,25-/m0/s1. The van der Waals surface area contributed by atoms with Crippen molar-refractivity contribution in [2.45, 2.75) is 70.0 Å². The van der Waals surface area contributed by atoms with Gasteiger partial charge in [0.1, 0.15) is 18.2 Å². The van der Waals surface area contributed by atoms with Crippen molar-refractivity contribution in [3.8, 4) is 12.1 Å². The van der Waals surface area contributed by atoms with E-state index < -0.39 is 0 Å². The van der Waals surface area contributed by atoms with E-state index in [9.17, 15) is 14.4 Å². The van der Waals surface area contributed by atoms with Gasteiger partial charge in [-0.15, -0.1) is 0 Å². The number of carbonyl (C=O) groups is 1. The van der Waals surface area contributed by atoms with Crippen LogP contribution in [0.15, 0.2) is 24.8 Å². The number of hydrogen-bond donors (Lipinski definition) is 0. The van der Waals surface area contributed by atoms with Crippen LogP contribution in [0.4, 0.5) is 15.9 Å². The van der Waals surface area contributed by atoms with E-state index >= 15 is 0 Å². The summed E-state index contributed by atoms with van der Waals surface area (Å²) >= 11 is 0. The summed E-state index contributed by atoms with van der Waals surface area (Å²) in [7, 11) is 2.12. The SMILES string of the molecule is C=CC(=O)N1CCN(c2nc(OC[C@@H]3CCCN3C)nc3c2CCN(c2cc(F)cc4c2CCCC4)C3)C[C@@H]1CC#N. The molecule has 1 aromatic carbocycles. The summed E-state index contributed by atoms with van der Waals surface area (Å²) in [5.74, 6) is 0.489. The number of hydrogen-bond acceptors (Lipinski definition) is 8. The molecular weight excluding hydrogens is 533 g/mol. The van der Waals surface area contributed by atoms with Crippen LogP contribution in [0.5, 0.6) is 6.01 Å². The van der Waals surface area contributed by atoms with Gasteiger partial charge in [-0.2, -0.15) is 15.2 Å². The van der Waals surface area contributed by atoms with E-state index in [0.717, 1.165) is 86.4 Å². The fourth-order valence-electron chi connectivity index (χ4n) is 7.10. The van der Waals surface area contributed by atoms with E-state index in [4.69, 9.17) is 14.7 Å². The van der Waals surface area contributed by atoms with Gasteiger partial charge < -0.3 is 24.3 Å². The topological polar surface area (TPSA) is 88.8 Å². The second-order valence-corrected chi connectivity index (χ2v) is 12.0. The summed E-state index contributed by atoms with van der Waals surface area (Å²) in [6, 6.07) is 6.07. The number of nitriles is 1. The first-order valence-electron chi connectivity index (χ1n) is 15.3. The van der Waals surface area contributed by atoms with E-state index in [-0.39, 0.29) is 24.2 Å². The molecule has 222 valence electrons. The molecule has 2 saturated heterocycles. The molecule has 1 aromatic heterocycles. The number of aryl methyl sites for hydroxylation is 1. The molecule has 4 heterocycles. The van der Waals surface area contributed by atoms with E-state index in [1.54, 1.807) is 17.0 Å². The van der Waals surface area contributed by atoms with Gasteiger partial charge in [-0.3, -0.25) is 4.79 Å². The molecule has 0 saturated carbocycles. The second kappa shape index (κ2) is 12.3. The molecular formula is C32H40FN7O2. The van der Waals surface area contributed by atoms with Crippen LogP contribution in [-0.4, -0.2) is 84.1 Å². The van der Waals surface area contributed by atoms with Gasteiger partial charge in [-0.25, -0.2) is 4.39 Å². The number of carbonyl (C=O) groups excluding carboxylic acids is 1. The Morgan fingerprint density at radius 1 is 1.10 bits per heavy atom. The molecule has 0 unspecified atom stereocenters. The van der Waals surface area contributed by atoms with Gasteiger partial charge >= 0.3 is 6.01 Å². The van der Waals surface area contributed by atoms with Gasteiger partial charge in [0.05, 0.1) is 30.8 Å². The largest absolute Gasteiger partial charge is 0.462 e. The molecule has 1 amide bonds. The van der Waals surface area contributed by atoms with Crippen LogP contribution in [0.2, 0.25) is 0 Å². The molecule has 3 aliphatic heterocycles. The molecule has 2 atom stereocenters. The summed E-state index contributed by atoms with van der Waals surface area (Å²) in [4.78, 5) is 30.9. The first-order valence-corrected chi connectivity index (χ1v) is 15.3. The number of piperazine rings is 1. The summed E-state index contributed by atoms with van der Waals surface area (Å²) in [5, 5.41) is 9.51. The summed E-state index contributed by atoms with van der Waals surface area (Å²) in [6.07, 6.45) is 8.64. The molecule has 10 heteroatoms. The van der Waals surface area contributed by atoms with Crippen molar-refractivity contribution >= 4 is 17.4 Å². The van der Waals surface area contributed by atoms with Crippen molar-refractivity contribution in [3.05, 3.63) is 53.0 Å². The Bertz CT molecular complexity index is 1390. The molecule has 0 bridgehead atoms. The van der Waals surface area contributed by atoms with Crippen molar-refractivity contribution in [2.75, 3.05) is 56.2 Å². The molecule has 0 N–H and O–H groups in total. The van der Waals surface area contributed by atoms with E-state index in [1.165, 1.54) is 11.6 Å². The lowest BCUT2D eigenvalue weighted by molar-refractivity contribution is -0.128. The van der Waals surface area contributed by atoms with Gasteiger partial charge in [-0.1, -0.05) is 6.58 Å². The molecule has 6 rings (SSSR count). The fourth-order valence-corrected chi connectivity index (χ4v) is 7.10. The smallest absolute Gasteiger partial charge is 0.318 e. The highest BCUT2D eigenvalue weighted by molar-refractivity contribution is 5.87. The van der Waals surface area contributed by atoms with Crippen LogP contribution in [0.1, 0.15) is 54.5 Å². The van der Waals surface area contributed by atoms with Crippen LogP contribution < -0.4 is 14.5 Å². The number of halogens is 1. The number of benzene rings is 1. The van der Waals surface area contributed by atoms with E-state index in [2.05, 4.69) is 34.4 Å². The minimum Gasteiger partial charge on any atom is -0.462 e. The molecule has 42 heavy (non-hydrogen) atoms. The molecule has 0 radical (unpaired) electrons. The Morgan fingerprint density at radius 2 is 1.95 bits per heavy atom. The zero-order valence-corrected chi connectivity index (χ0v) is 24.5. The highest BCUT2D eigenvalue weighted by Gasteiger charge is 2.34. The fraction of sp³-hybridized carbons (Fsp3) is 0.562. The van der Waals surface area contributed by atoms with Crippen LogP contribution in [-0.2, 0) is 30.6 Å². The van der Waals surface area contributed by atoms with Crippen LogP contribution in [0, 0.1) is 17.1 Å². The lowest BCUT2D eigenvalue weighted by atomic mass is 9.89. The Balaban J connectivity index is 1.32. The normalized spacial score (nSPS) is 22.4. The third-order valence-electron chi connectivity index (χ3n) is 9.41. The molecule has 1 aliphatic carbocycles. The predicted octanol–water partition coefficient (Wildman–Crippen LogP) is 3.65. The quantitative estimate of drug-likeness (QED) is 0.464. The molecule has 2 aromatic rings. The maximum atomic E-state index is 14.7. The van der Waals surface area contributed by atoms with Gasteiger partial charge in [0.25, 0.3) is 0 Å². The number of fused-ring (bicyclic) bond motifs is 2. The number of rotatable bonds is 7. The van der Waals surface area contributed by atoms with Crippen LogP contribution >= 0.6 is 0 Å². The lowest BCUT2D eigenvalue weighted by Crippen LogP contribution is -2.55. The molecule has 9 nitrogen and oxygen atoms in total. The van der Waals surface area contributed by atoms with E-state index in [0.29, 0.717) is 44.8 Å². The Hall–Kier alpha value is -3.71. The van der Waals surface area contributed by atoms with Crippen molar-refractivity contribution in [2.24, 2.45) is 0 Å². The first-order chi connectivity index (χ1) is 20.4. The number of likely N-dealkylation sites (N-methyl/N-ethyl adjacent to an activating group) is 1. The van der Waals surface area contributed by atoms with E-state index in [1.807, 2.05) is 0 Å². The molecule has 2 fully saturated rings. The third-order valence-corrected chi connectivity index (χ3v) is 9.41. The van der Waals surface area contributed by atoms with Crippen molar-refractivity contribution in [3.63, 3.8) is 0 Å². The van der Waals surface area contributed by atoms with Gasteiger partial charge in [0.15, 0.2) is 0 Å². The van der Waals surface area contributed by atoms with Crippen LogP contribution in [0.25, 0.3) is 0 Å². The number of aromatic nitrogens is 2. The highest BCUT2D eigenvalue weighted by Crippen LogP contribution is 2.37. The average Bonchev–Trinajstić information content (AvgIpc) is 3.42. The Morgan fingerprint density at radius 3 is 2.74 bits per heavy atom. The number of anilines is 2. The minimum absolute atomic E-state index is 0.154. The van der Waals surface area contributed by atoms with Crippen molar-refractivity contribution < 1.29 is 13.9 Å².